The van der Waals surface area contributed by atoms with Crippen LogP contribution in [0, 0.1) is 0 Å². The highest BCUT2D eigenvalue weighted by Crippen LogP contribution is 2.32. The highest BCUT2D eigenvalue weighted by molar-refractivity contribution is 5.82. The minimum atomic E-state index is -1.51. The second-order valence-electron chi connectivity index (χ2n) is 8.71. The Bertz CT molecular complexity index is 1050. The molecule has 0 spiro atoms. The van der Waals surface area contributed by atoms with Gasteiger partial charge in [-0.25, -0.2) is 15.0 Å². The van der Waals surface area contributed by atoms with E-state index >= 15 is 0 Å². The highest BCUT2D eigenvalue weighted by atomic mass is 16.7. The van der Waals surface area contributed by atoms with Crippen molar-refractivity contribution in [1.29, 1.82) is 0 Å². The number of aliphatic hydroxyl groups excluding tert-OH is 7. The van der Waals surface area contributed by atoms with Crippen molar-refractivity contribution >= 4 is 17.0 Å². The lowest BCUT2D eigenvalue weighted by Crippen LogP contribution is -2.59. The van der Waals surface area contributed by atoms with Gasteiger partial charge in [0.1, 0.15) is 49.1 Å². The second kappa shape index (κ2) is 11.4. The highest BCUT2D eigenvalue weighted by Gasteiger charge is 2.45. The first-order valence-electron chi connectivity index (χ1n) is 11.4. The predicted octanol–water partition coefficient (Wildman–Crippen LogP) is -3.39. The quantitative estimate of drug-likeness (QED) is 0.153. The summed E-state index contributed by atoms with van der Waals surface area (Å²) >= 11 is 0. The smallest absolute Gasteiger partial charge is 0.187 e. The van der Waals surface area contributed by atoms with E-state index in [0.29, 0.717) is 23.5 Å². The summed E-state index contributed by atoms with van der Waals surface area (Å²) in [6, 6.07) is 0. The molecule has 0 aliphatic carbocycles. The van der Waals surface area contributed by atoms with Gasteiger partial charge in [0.2, 0.25) is 0 Å². The van der Waals surface area contributed by atoms with Gasteiger partial charge in [0, 0.05) is 6.54 Å². The van der Waals surface area contributed by atoms with Gasteiger partial charge in [0.05, 0.1) is 26.1 Å². The van der Waals surface area contributed by atoms with E-state index in [4.69, 9.17) is 14.2 Å². The standard InChI is InChI=1S/C21H31N5O10/c1-9(6-34-21-17(33)15(31)13(29)11(5-28)36-21)2-3-22-18-12-19(24-7-23-18)26(8-25-12)20-16(32)14(30)10(4-27)35-20/h2,7-8,10-11,13-17,20-21,27-33H,3-6H2,1H3,(H,22,23,24)/b9-2-/t10-,11-,13-,14-,15+,16-,17-,20-,21-/m1/s1. The summed E-state index contributed by atoms with van der Waals surface area (Å²) < 4.78 is 17.8. The van der Waals surface area contributed by atoms with Crippen LogP contribution in [0.5, 0.6) is 0 Å². The van der Waals surface area contributed by atoms with Crippen molar-refractivity contribution in [3.8, 4) is 0 Å². The molecular weight excluding hydrogens is 482 g/mol. The van der Waals surface area contributed by atoms with Gasteiger partial charge in [-0.3, -0.25) is 4.57 Å². The van der Waals surface area contributed by atoms with Gasteiger partial charge in [-0.1, -0.05) is 6.08 Å². The number of rotatable bonds is 9. The SMILES string of the molecule is C/C(=C/CNc1ncnc2c1ncn2[C@@H]1O[C@H](CO)[C@@H](O)[C@H]1O)CO[C@@H]1O[C@H](CO)[C@@H](O)[C@H](O)[C@H]1O. The summed E-state index contributed by atoms with van der Waals surface area (Å²) in [5.41, 5.74) is 1.51. The van der Waals surface area contributed by atoms with Crippen LogP contribution in [0.2, 0.25) is 0 Å². The Labute approximate surface area is 205 Å². The minimum absolute atomic E-state index is 0.0451. The number of imidazole rings is 1. The van der Waals surface area contributed by atoms with Gasteiger partial charge in [0.25, 0.3) is 0 Å². The molecule has 2 aromatic heterocycles. The molecule has 4 rings (SSSR count). The number of nitrogens with one attached hydrogen (secondary N) is 1. The Morgan fingerprint density at radius 3 is 2.36 bits per heavy atom. The van der Waals surface area contributed by atoms with Gasteiger partial charge in [-0.05, 0) is 12.5 Å². The van der Waals surface area contributed by atoms with Gasteiger partial charge in [0.15, 0.2) is 29.5 Å². The molecule has 0 saturated carbocycles. The van der Waals surface area contributed by atoms with Crippen molar-refractivity contribution in [2.75, 3.05) is 31.7 Å². The Kier molecular flexibility index (Phi) is 8.46. The van der Waals surface area contributed by atoms with E-state index in [-0.39, 0.29) is 6.61 Å². The average molecular weight is 514 g/mol. The molecule has 200 valence electrons. The zero-order chi connectivity index (χ0) is 26.0. The topological polar surface area (TPSA) is 225 Å². The number of aliphatic hydroxyl groups is 7. The Balaban J connectivity index is 1.36. The van der Waals surface area contributed by atoms with Crippen LogP contribution in [0.1, 0.15) is 13.2 Å². The van der Waals surface area contributed by atoms with Crippen LogP contribution >= 0.6 is 0 Å². The summed E-state index contributed by atoms with van der Waals surface area (Å²) in [4.78, 5) is 12.7. The van der Waals surface area contributed by atoms with Crippen LogP contribution in [0.4, 0.5) is 5.82 Å². The van der Waals surface area contributed by atoms with Crippen molar-refractivity contribution in [3.63, 3.8) is 0 Å². The van der Waals surface area contributed by atoms with Crippen molar-refractivity contribution in [3.05, 3.63) is 24.3 Å². The average Bonchev–Trinajstić information content (AvgIpc) is 3.43. The van der Waals surface area contributed by atoms with Crippen LogP contribution in [0.3, 0.4) is 0 Å². The molecule has 0 unspecified atom stereocenters. The summed E-state index contributed by atoms with van der Waals surface area (Å²) in [6.07, 6.45) is -6.66. The summed E-state index contributed by atoms with van der Waals surface area (Å²) in [5, 5.41) is 71.7. The Morgan fingerprint density at radius 1 is 0.972 bits per heavy atom. The number of aromatic nitrogens is 4. The number of hydrogen-bond acceptors (Lipinski definition) is 14. The molecule has 0 aromatic carbocycles. The summed E-state index contributed by atoms with van der Waals surface area (Å²) in [7, 11) is 0. The lowest BCUT2D eigenvalue weighted by molar-refractivity contribution is -0.299. The summed E-state index contributed by atoms with van der Waals surface area (Å²) in [5.74, 6) is 0.407. The summed E-state index contributed by atoms with van der Waals surface area (Å²) in [6.45, 7) is 1.15. The number of anilines is 1. The molecule has 2 aliphatic heterocycles. The number of hydrogen-bond donors (Lipinski definition) is 8. The van der Waals surface area contributed by atoms with Gasteiger partial charge in [-0.15, -0.1) is 0 Å². The van der Waals surface area contributed by atoms with E-state index in [1.807, 2.05) is 0 Å². The van der Waals surface area contributed by atoms with Crippen molar-refractivity contribution < 1.29 is 50.0 Å². The van der Waals surface area contributed by atoms with Crippen LogP contribution in [0.15, 0.2) is 24.3 Å². The largest absolute Gasteiger partial charge is 0.394 e. The maximum Gasteiger partial charge on any atom is 0.187 e. The van der Waals surface area contributed by atoms with Crippen LogP contribution < -0.4 is 5.32 Å². The van der Waals surface area contributed by atoms with E-state index in [0.717, 1.165) is 5.57 Å². The van der Waals surface area contributed by atoms with Crippen molar-refractivity contribution in [1.82, 2.24) is 19.5 Å². The molecule has 2 fully saturated rings. The van der Waals surface area contributed by atoms with Crippen LogP contribution in [0.25, 0.3) is 11.2 Å². The molecule has 9 atom stereocenters. The fourth-order valence-electron chi connectivity index (χ4n) is 4.08. The predicted molar refractivity (Wildman–Crippen MR) is 120 cm³/mol. The molecule has 15 heteroatoms. The van der Waals surface area contributed by atoms with E-state index in [9.17, 15) is 35.7 Å². The van der Waals surface area contributed by atoms with E-state index in [1.54, 1.807) is 13.0 Å². The van der Waals surface area contributed by atoms with Gasteiger partial charge >= 0.3 is 0 Å². The molecule has 2 saturated heterocycles. The van der Waals surface area contributed by atoms with E-state index in [2.05, 4.69) is 20.3 Å². The number of ether oxygens (including phenoxy) is 3. The fourth-order valence-corrected chi connectivity index (χ4v) is 4.08. The van der Waals surface area contributed by atoms with Crippen molar-refractivity contribution in [2.45, 2.75) is 62.2 Å². The molecule has 0 bridgehead atoms. The fraction of sp³-hybridized carbons (Fsp3) is 0.667. The van der Waals surface area contributed by atoms with Crippen molar-refractivity contribution in [2.24, 2.45) is 0 Å². The third kappa shape index (κ3) is 5.21. The first-order chi connectivity index (χ1) is 17.3. The lowest BCUT2D eigenvalue weighted by Gasteiger charge is -2.39. The van der Waals surface area contributed by atoms with Crippen LogP contribution in [-0.4, -0.2) is 131 Å². The first kappa shape index (κ1) is 26.7. The molecule has 36 heavy (non-hydrogen) atoms. The maximum absolute atomic E-state index is 10.3. The van der Waals surface area contributed by atoms with E-state index in [1.165, 1.54) is 17.2 Å². The number of fused-ring (bicyclic) bond motifs is 1. The lowest BCUT2D eigenvalue weighted by atomic mass is 9.99. The molecule has 4 heterocycles. The normalized spacial score (nSPS) is 35.4. The third-order valence-electron chi connectivity index (χ3n) is 6.19. The van der Waals surface area contributed by atoms with Crippen LogP contribution in [-0.2, 0) is 14.2 Å². The van der Waals surface area contributed by atoms with E-state index < -0.39 is 68.5 Å². The molecule has 2 aliphatic rings. The zero-order valence-electron chi connectivity index (χ0n) is 19.4. The van der Waals surface area contributed by atoms with Gasteiger partial charge < -0.3 is 55.3 Å². The maximum atomic E-state index is 10.3. The van der Waals surface area contributed by atoms with Gasteiger partial charge in [-0.2, -0.15) is 0 Å². The molecule has 0 radical (unpaired) electrons. The minimum Gasteiger partial charge on any atom is -0.394 e. The molecule has 2 aromatic rings. The first-order valence-corrected chi connectivity index (χ1v) is 11.4. The molecular formula is C21H31N5O10. The third-order valence-corrected chi connectivity index (χ3v) is 6.19. The molecule has 0 amide bonds. The number of nitrogens with zero attached hydrogens (tertiary/aromatic N) is 4. The monoisotopic (exact) mass is 513 g/mol. The Morgan fingerprint density at radius 2 is 1.67 bits per heavy atom. The second-order valence-corrected chi connectivity index (χ2v) is 8.71. The molecule has 15 nitrogen and oxygen atoms in total. The zero-order valence-corrected chi connectivity index (χ0v) is 19.4. The molecule has 8 N–H and O–H groups in total. The Hall–Kier alpha value is -2.31.